The maximum absolute atomic E-state index is 12.2. The smallest absolute Gasteiger partial charge is 0.255 e. The second-order valence-electron chi connectivity index (χ2n) is 5.97. The molecule has 0 aliphatic rings. The van der Waals surface area contributed by atoms with Gasteiger partial charge in [-0.05, 0) is 48.4 Å². The third-order valence-electron chi connectivity index (χ3n) is 3.76. The second kappa shape index (κ2) is 9.24. The Labute approximate surface area is 161 Å². The summed E-state index contributed by atoms with van der Waals surface area (Å²) in [5.41, 5.74) is 8.07. The average Bonchev–Trinajstić information content (AvgIpc) is 2.61. The minimum absolute atomic E-state index is 0.0675. The number of halogens is 1. The number of ether oxygens (including phenoxy) is 1. The topological polar surface area (TPSA) is 84.7 Å². The minimum Gasteiger partial charge on any atom is -0.484 e. The molecule has 0 fully saturated rings. The monoisotopic (exact) mass is 419 g/mol. The van der Waals surface area contributed by atoms with E-state index in [-0.39, 0.29) is 19.1 Å². The first kappa shape index (κ1) is 19.8. The molecule has 0 unspecified atom stereocenters. The van der Waals surface area contributed by atoms with Crippen molar-refractivity contribution in [2.75, 3.05) is 25.1 Å². The van der Waals surface area contributed by atoms with Gasteiger partial charge in [0.1, 0.15) is 5.75 Å². The predicted molar refractivity (Wildman–Crippen MR) is 105 cm³/mol. The standard InChI is InChI=1S/C19H22BrN3O3/c1-13-9-15(5-8-17(13)20)23(2)11-19(25)22-10-14-3-6-16(7-4-14)26-12-18(21)24/h3-9H,10-12H2,1-2H3,(H2,21,24)(H,22,25). The maximum Gasteiger partial charge on any atom is 0.255 e. The molecule has 7 heteroatoms. The number of nitrogens with one attached hydrogen (secondary N) is 1. The van der Waals surface area contributed by atoms with Crippen molar-refractivity contribution >= 4 is 33.4 Å². The molecule has 2 aromatic rings. The lowest BCUT2D eigenvalue weighted by molar-refractivity contribution is -0.120. The first-order valence-corrected chi connectivity index (χ1v) is 8.88. The fraction of sp³-hybridized carbons (Fsp3) is 0.263. The van der Waals surface area contributed by atoms with Crippen molar-refractivity contribution < 1.29 is 14.3 Å². The molecule has 0 aliphatic heterocycles. The summed E-state index contributed by atoms with van der Waals surface area (Å²) in [6.45, 7) is 2.54. The number of benzene rings is 2. The molecule has 26 heavy (non-hydrogen) atoms. The quantitative estimate of drug-likeness (QED) is 0.687. The molecule has 138 valence electrons. The molecule has 6 nitrogen and oxygen atoms in total. The van der Waals surface area contributed by atoms with Crippen molar-refractivity contribution in [2.24, 2.45) is 5.73 Å². The number of nitrogens with two attached hydrogens (primary N) is 1. The highest BCUT2D eigenvalue weighted by molar-refractivity contribution is 9.10. The second-order valence-corrected chi connectivity index (χ2v) is 6.82. The van der Waals surface area contributed by atoms with Crippen molar-refractivity contribution in [3.05, 3.63) is 58.1 Å². The van der Waals surface area contributed by atoms with E-state index >= 15 is 0 Å². The van der Waals surface area contributed by atoms with Crippen molar-refractivity contribution in [3.8, 4) is 5.75 Å². The van der Waals surface area contributed by atoms with Crippen LogP contribution in [0.2, 0.25) is 0 Å². The fourth-order valence-corrected chi connectivity index (χ4v) is 2.53. The molecule has 2 amide bonds. The zero-order valence-electron chi connectivity index (χ0n) is 14.8. The van der Waals surface area contributed by atoms with E-state index in [0.29, 0.717) is 12.3 Å². The predicted octanol–water partition coefficient (Wildman–Crippen LogP) is 2.37. The van der Waals surface area contributed by atoms with Gasteiger partial charge in [0.15, 0.2) is 6.61 Å². The molecule has 0 aliphatic carbocycles. The number of hydrogen-bond donors (Lipinski definition) is 2. The van der Waals surface area contributed by atoms with E-state index in [9.17, 15) is 9.59 Å². The van der Waals surface area contributed by atoms with Crippen LogP contribution in [0.15, 0.2) is 46.9 Å². The highest BCUT2D eigenvalue weighted by Crippen LogP contribution is 2.22. The number of carbonyl (C=O) groups is 2. The largest absolute Gasteiger partial charge is 0.484 e. The summed E-state index contributed by atoms with van der Waals surface area (Å²) in [5, 5.41) is 2.89. The molecule has 3 N–H and O–H groups in total. The molecule has 0 spiro atoms. The molecular formula is C19H22BrN3O3. The highest BCUT2D eigenvalue weighted by atomic mass is 79.9. The Morgan fingerprint density at radius 1 is 1.19 bits per heavy atom. The van der Waals surface area contributed by atoms with Gasteiger partial charge in [-0.2, -0.15) is 0 Å². The fourth-order valence-electron chi connectivity index (χ4n) is 2.29. The summed E-state index contributed by atoms with van der Waals surface area (Å²) in [7, 11) is 1.88. The van der Waals surface area contributed by atoms with Crippen molar-refractivity contribution in [2.45, 2.75) is 13.5 Å². The number of rotatable bonds is 8. The summed E-state index contributed by atoms with van der Waals surface area (Å²) in [5.74, 6) is -0.0298. The van der Waals surface area contributed by atoms with E-state index in [1.165, 1.54) is 0 Å². The van der Waals surface area contributed by atoms with Crippen molar-refractivity contribution in [1.29, 1.82) is 0 Å². The molecule has 0 radical (unpaired) electrons. The van der Waals surface area contributed by atoms with Gasteiger partial charge in [0.25, 0.3) is 5.91 Å². The van der Waals surface area contributed by atoms with Gasteiger partial charge in [0, 0.05) is 23.8 Å². The van der Waals surface area contributed by atoms with E-state index in [2.05, 4.69) is 21.2 Å². The van der Waals surface area contributed by atoms with Crippen LogP contribution >= 0.6 is 15.9 Å². The molecule has 0 atom stereocenters. The number of aryl methyl sites for hydroxylation is 1. The van der Waals surface area contributed by atoms with Gasteiger partial charge in [-0.15, -0.1) is 0 Å². The van der Waals surface area contributed by atoms with Crippen molar-refractivity contribution in [1.82, 2.24) is 5.32 Å². The van der Waals surface area contributed by atoms with E-state index in [4.69, 9.17) is 10.5 Å². The molecular weight excluding hydrogens is 398 g/mol. The summed E-state index contributed by atoms with van der Waals surface area (Å²) < 4.78 is 6.24. The van der Waals surface area contributed by atoms with Crippen LogP contribution in [-0.4, -0.2) is 32.0 Å². The van der Waals surface area contributed by atoms with E-state index < -0.39 is 5.91 Å². The Balaban J connectivity index is 1.82. The highest BCUT2D eigenvalue weighted by Gasteiger charge is 2.08. The van der Waals surface area contributed by atoms with E-state index in [1.807, 2.05) is 49.2 Å². The Bertz CT molecular complexity index is 778. The van der Waals surface area contributed by atoms with Gasteiger partial charge in [-0.3, -0.25) is 9.59 Å². The van der Waals surface area contributed by atoms with Crippen molar-refractivity contribution in [3.63, 3.8) is 0 Å². The summed E-state index contributed by atoms with van der Waals surface area (Å²) in [6.07, 6.45) is 0. The summed E-state index contributed by atoms with van der Waals surface area (Å²) in [4.78, 5) is 24.7. The maximum atomic E-state index is 12.2. The van der Waals surface area contributed by atoms with Crippen LogP contribution in [0.3, 0.4) is 0 Å². The lowest BCUT2D eigenvalue weighted by atomic mass is 10.2. The summed E-state index contributed by atoms with van der Waals surface area (Å²) >= 11 is 3.47. The van der Waals surface area contributed by atoms with Gasteiger partial charge >= 0.3 is 0 Å². The number of primary amides is 1. The van der Waals surface area contributed by atoms with E-state index in [0.717, 1.165) is 21.3 Å². The van der Waals surface area contributed by atoms with Gasteiger partial charge in [0.2, 0.25) is 5.91 Å². The number of amides is 2. The number of anilines is 1. The number of likely N-dealkylation sites (N-methyl/N-ethyl adjacent to an activating group) is 1. The number of hydrogen-bond acceptors (Lipinski definition) is 4. The first-order valence-electron chi connectivity index (χ1n) is 8.09. The molecule has 0 saturated carbocycles. The zero-order valence-corrected chi connectivity index (χ0v) is 16.4. The molecule has 2 rings (SSSR count). The van der Waals surface area contributed by atoms with Crippen LogP contribution in [0.4, 0.5) is 5.69 Å². The Hall–Kier alpha value is -2.54. The average molecular weight is 420 g/mol. The van der Waals surface area contributed by atoms with Crippen LogP contribution in [0, 0.1) is 6.92 Å². The van der Waals surface area contributed by atoms with Gasteiger partial charge in [-0.1, -0.05) is 28.1 Å². The summed E-state index contributed by atoms with van der Waals surface area (Å²) in [6, 6.07) is 13.1. The van der Waals surface area contributed by atoms with Gasteiger partial charge in [0.05, 0.1) is 6.54 Å². The molecule has 0 bridgehead atoms. The number of nitrogens with zero attached hydrogens (tertiary/aromatic N) is 1. The lowest BCUT2D eigenvalue weighted by Gasteiger charge is -2.19. The van der Waals surface area contributed by atoms with Crippen LogP contribution in [0.25, 0.3) is 0 Å². The molecule has 2 aromatic carbocycles. The SMILES string of the molecule is Cc1cc(N(C)CC(=O)NCc2ccc(OCC(N)=O)cc2)ccc1Br. The Morgan fingerprint density at radius 2 is 1.88 bits per heavy atom. The first-order chi connectivity index (χ1) is 12.3. The van der Waals surface area contributed by atoms with Crippen LogP contribution in [0.5, 0.6) is 5.75 Å². The number of carbonyl (C=O) groups excluding carboxylic acids is 2. The normalized spacial score (nSPS) is 10.3. The Kier molecular flexibility index (Phi) is 7.03. The lowest BCUT2D eigenvalue weighted by Crippen LogP contribution is -2.34. The Morgan fingerprint density at radius 3 is 2.50 bits per heavy atom. The van der Waals surface area contributed by atoms with E-state index in [1.54, 1.807) is 12.1 Å². The van der Waals surface area contributed by atoms with Gasteiger partial charge < -0.3 is 20.7 Å². The van der Waals surface area contributed by atoms with Crippen LogP contribution in [0.1, 0.15) is 11.1 Å². The van der Waals surface area contributed by atoms with Crippen LogP contribution < -0.4 is 20.7 Å². The molecule has 0 heterocycles. The zero-order chi connectivity index (χ0) is 19.1. The third-order valence-corrected chi connectivity index (χ3v) is 4.65. The molecule has 0 saturated heterocycles. The third kappa shape index (κ3) is 6.07. The minimum atomic E-state index is -0.522. The van der Waals surface area contributed by atoms with Crippen LogP contribution in [-0.2, 0) is 16.1 Å². The van der Waals surface area contributed by atoms with Gasteiger partial charge in [-0.25, -0.2) is 0 Å². The molecule has 0 aromatic heterocycles.